The molecule has 0 bridgehead atoms. The van der Waals surface area contributed by atoms with Gasteiger partial charge in [-0.25, -0.2) is 9.97 Å². The number of nitrogens with zero attached hydrogens (tertiary/aromatic N) is 5. The Hall–Kier alpha value is -4.21. The first-order chi connectivity index (χ1) is 16.0. The summed E-state index contributed by atoms with van der Waals surface area (Å²) >= 11 is 0. The van der Waals surface area contributed by atoms with Crippen molar-refractivity contribution in [3.8, 4) is 28.8 Å². The van der Waals surface area contributed by atoms with E-state index in [1.807, 2.05) is 19.9 Å². The van der Waals surface area contributed by atoms with Crippen molar-refractivity contribution in [1.29, 1.82) is 0 Å². The number of methoxy groups -OCH3 is 2. The average Bonchev–Trinajstić information content (AvgIpc) is 3.53. The van der Waals surface area contributed by atoms with Crippen LogP contribution in [0.4, 0.5) is 0 Å². The molecule has 10 heteroatoms. The lowest BCUT2D eigenvalue weighted by Gasteiger charge is -2.11. The third-order valence-electron chi connectivity index (χ3n) is 4.96. The molecule has 0 aliphatic heterocycles. The van der Waals surface area contributed by atoms with Crippen molar-refractivity contribution in [3.05, 3.63) is 66.1 Å². The van der Waals surface area contributed by atoms with Crippen molar-refractivity contribution >= 4 is 5.91 Å². The number of hydrogen-bond donors (Lipinski definition) is 1. The molecule has 4 aromatic rings. The van der Waals surface area contributed by atoms with Gasteiger partial charge in [0.25, 0.3) is 11.8 Å². The molecule has 4 rings (SSSR count). The van der Waals surface area contributed by atoms with E-state index >= 15 is 0 Å². The van der Waals surface area contributed by atoms with E-state index in [2.05, 4.69) is 25.4 Å². The number of ether oxygens (including phenoxy) is 2. The van der Waals surface area contributed by atoms with E-state index in [1.54, 1.807) is 55.4 Å². The number of imidazole rings is 1. The molecule has 1 amide bonds. The normalized spacial score (nSPS) is 10.9. The van der Waals surface area contributed by atoms with Gasteiger partial charge < -0.3 is 19.3 Å². The molecule has 0 aliphatic rings. The Balaban J connectivity index is 1.48. The molecular formula is C23H24N6O4. The first-order valence-corrected chi connectivity index (χ1v) is 10.3. The standard InChI is InChI=1S/C23H24N6O4/c1-14(2)21-27-23(33-28-21)15-7-8-24-20(10-15)29-12-18(26-13-29)22(30)25-11-16-9-17(31-3)5-6-19(16)32-4/h5-10,12-14H,11H2,1-4H3,(H,25,30). The first kappa shape index (κ1) is 22.0. The summed E-state index contributed by atoms with van der Waals surface area (Å²) in [7, 11) is 3.16. The number of aromatic nitrogens is 5. The largest absolute Gasteiger partial charge is 0.497 e. The van der Waals surface area contributed by atoms with E-state index in [-0.39, 0.29) is 24.1 Å². The number of rotatable bonds is 8. The molecule has 0 saturated heterocycles. The molecule has 170 valence electrons. The van der Waals surface area contributed by atoms with E-state index < -0.39 is 0 Å². The van der Waals surface area contributed by atoms with Crippen LogP contribution in [0.1, 0.15) is 41.6 Å². The van der Waals surface area contributed by atoms with E-state index in [0.717, 1.165) is 11.1 Å². The predicted molar refractivity (Wildman–Crippen MR) is 119 cm³/mol. The summed E-state index contributed by atoms with van der Waals surface area (Å²) in [6.07, 6.45) is 4.77. The van der Waals surface area contributed by atoms with Gasteiger partial charge in [0.15, 0.2) is 5.82 Å². The topological polar surface area (TPSA) is 117 Å². The first-order valence-electron chi connectivity index (χ1n) is 10.3. The zero-order valence-electron chi connectivity index (χ0n) is 18.8. The van der Waals surface area contributed by atoms with Crippen molar-refractivity contribution < 1.29 is 18.8 Å². The molecule has 0 spiro atoms. The summed E-state index contributed by atoms with van der Waals surface area (Å²) in [5.74, 6) is 2.79. The molecule has 0 aliphatic carbocycles. The summed E-state index contributed by atoms with van der Waals surface area (Å²) in [5.41, 5.74) is 1.77. The van der Waals surface area contributed by atoms with Gasteiger partial charge in [-0.05, 0) is 30.3 Å². The van der Waals surface area contributed by atoms with Gasteiger partial charge in [0.05, 0.1) is 14.2 Å². The van der Waals surface area contributed by atoms with Crippen LogP contribution >= 0.6 is 0 Å². The van der Waals surface area contributed by atoms with Crippen LogP contribution in [-0.2, 0) is 6.54 Å². The Labute approximate surface area is 190 Å². The van der Waals surface area contributed by atoms with E-state index in [4.69, 9.17) is 14.0 Å². The van der Waals surface area contributed by atoms with Gasteiger partial charge >= 0.3 is 0 Å². The maximum Gasteiger partial charge on any atom is 0.271 e. The van der Waals surface area contributed by atoms with Crippen LogP contribution in [-0.4, -0.2) is 44.8 Å². The Morgan fingerprint density at radius 1 is 1.15 bits per heavy atom. The molecular weight excluding hydrogens is 424 g/mol. The Kier molecular flexibility index (Phi) is 6.34. The fourth-order valence-electron chi connectivity index (χ4n) is 3.13. The van der Waals surface area contributed by atoms with Crippen LogP contribution in [0, 0.1) is 0 Å². The van der Waals surface area contributed by atoms with Crippen LogP contribution in [0.25, 0.3) is 17.3 Å². The van der Waals surface area contributed by atoms with Gasteiger partial charge in [-0.1, -0.05) is 19.0 Å². The lowest BCUT2D eigenvalue weighted by molar-refractivity contribution is 0.0946. The summed E-state index contributed by atoms with van der Waals surface area (Å²) in [6, 6.07) is 8.98. The molecule has 10 nitrogen and oxygen atoms in total. The van der Waals surface area contributed by atoms with Crippen molar-refractivity contribution in [2.24, 2.45) is 0 Å². The number of pyridine rings is 1. The highest BCUT2D eigenvalue weighted by atomic mass is 16.5. The van der Waals surface area contributed by atoms with Crippen molar-refractivity contribution in [3.63, 3.8) is 0 Å². The van der Waals surface area contributed by atoms with Crippen LogP contribution in [0.2, 0.25) is 0 Å². The van der Waals surface area contributed by atoms with Crippen LogP contribution < -0.4 is 14.8 Å². The number of carbonyl (C=O) groups excluding carboxylic acids is 1. The molecule has 0 saturated carbocycles. The third kappa shape index (κ3) is 4.84. The number of benzene rings is 1. The van der Waals surface area contributed by atoms with Gasteiger partial charge in [0, 0.05) is 36.0 Å². The Bertz CT molecular complexity index is 1260. The summed E-state index contributed by atoms with van der Waals surface area (Å²) in [5, 5.41) is 6.85. The highest BCUT2D eigenvalue weighted by Crippen LogP contribution is 2.24. The average molecular weight is 448 g/mol. The molecule has 1 N–H and O–H groups in total. The lowest BCUT2D eigenvalue weighted by Crippen LogP contribution is -2.23. The Morgan fingerprint density at radius 2 is 2.00 bits per heavy atom. The fraction of sp³-hybridized carbons (Fsp3) is 0.261. The number of amides is 1. The highest BCUT2D eigenvalue weighted by Gasteiger charge is 2.15. The maximum absolute atomic E-state index is 12.7. The number of hydrogen-bond acceptors (Lipinski definition) is 8. The smallest absolute Gasteiger partial charge is 0.271 e. The number of carbonyl (C=O) groups is 1. The van der Waals surface area contributed by atoms with Crippen LogP contribution in [0.3, 0.4) is 0 Å². The monoisotopic (exact) mass is 448 g/mol. The van der Waals surface area contributed by atoms with Gasteiger partial charge in [-0.3, -0.25) is 9.36 Å². The molecule has 3 aromatic heterocycles. The molecule has 0 unspecified atom stereocenters. The minimum absolute atomic E-state index is 0.162. The minimum Gasteiger partial charge on any atom is -0.497 e. The second kappa shape index (κ2) is 9.51. The highest BCUT2D eigenvalue weighted by molar-refractivity contribution is 5.92. The predicted octanol–water partition coefficient (Wildman–Crippen LogP) is 3.39. The van der Waals surface area contributed by atoms with Gasteiger partial charge in [0.2, 0.25) is 0 Å². The fourth-order valence-corrected chi connectivity index (χ4v) is 3.13. The Morgan fingerprint density at radius 3 is 2.73 bits per heavy atom. The van der Waals surface area contributed by atoms with E-state index in [1.165, 1.54) is 6.33 Å². The maximum atomic E-state index is 12.7. The quantitative estimate of drug-likeness (QED) is 0.436. The SMILES string of the molecule is COc1ccc(OC)c(CNC(=O)c2cn(-c3cc(-c4nc(C(C)C)no4)ccn3)cn2)c1. The van der Waals surface area contributed by atoms with Gasteiger partial charge in [0.1, 0.15) is 29.3 Å². The molecule has 33 heavy (non-hydrogen) atoms. The van der Waals surface area contributed by atoms with E-state index in [0.29, 0.717) is 29.0 Å². The lowest BCUT2D eigenvalue weighted by atomic mass is 10.2. The zero-order valence-corrected chi connectivity index (χ0v) is 18.8. The van der Waals surface area contributed by atoms with E-state index in [9.17, 15) is 4.79 Å². The summed E-state index contributed by atoms with van der Waals surface area (Å²) in [4.78, 5) is 25.6. The summed E-state index contributed by atoms with van der Waals surface area (Å²) in [6.45, 7) is 4.25. The van der Waals surface area contributed by atoms with Crippen molar-refractivity contribution in [1.82, 2.24) is 30.0 Å². The minimum atomic E-state index is -0.326. The molecule has 0 atom stereocenters. The van der Waals surface area contributed by atoms with Gasteiger partial charge in [-0.15, -0.1) is 0 Å². The number of nitrogens with one attached hydrogen (secondary N) is 1. The molecule has 1 aromatic carbocycles. The second-order valence-electron chi connectivity index (χ2n) is 7.54. The molecule has 0 fully saturated rings. The van der Waals surface area contributed by atoms with Crippen LogP contribution in [0.15, 0.2) is 53.6 Å². The zero-order chi connectivity index (χ0) is 23.4. The second-order valence-corrected chi connectivity index (χ2v) is 7.54. The summed E-state index contributed by atoms with van der Waals surface area (Å²) < 4.78 is 17.6. The van der Waals surface area contributed by atoms with Crippen LogP contribution in [0.5, 0.6) is 11.5 Å². The van der Waals surface area contributed by atoms with Gasteiger partial charge in [-0.2, -0.15) is 4.98 Å². The van der Waals surface area contributed by atoms with Crippen molar-refractivity contribution in [2.75, 3.05) is 14.2 Å². The molecule has 0 radical (unpaired) electrons. The van der Waals surface area contributed by atoms with Crippen molar-refractivity contribution in [2.45, 2.75) is 26.3 Å². The third-order valence-corrected chi connectivity index (χ3v) is 4.96. The molecule has 3 heterocycles.